The highest BCUT2D eigenvalue weighted by Gasteiger charge is 2.01. The van der Waals surface area contributed by atoms with Gasteiger partial charge in [0.2, 0.25) is 0 Å². The lowest BCUT2D eigenvalue weighted by atomic mass is 10.2. The SMILES string of the molecule is CC[C@H](C)NC(=S)Nc1ccc(C)cc1. The molecule has 2 N–H and O–H groups in total. The van der Waals surface area contributed by atoms with Gasteiger partial charge in [-0.3, -0.25) is 0 Å². The van der Waals surface area contributed by atoms with E-state index in [-0.39, 0.29) is 0 Å². The Bertz CT molecular complexity index is 319. The van der Waals surface area contributed by atoms with E-state index in [4.69, 9.17) is 12.2 Å². The first-order valence-corrected chi connectivity index (χ1v) is 5.67. The third-order valence-corrected chi connectivity index (χ3v) is 2.52. The van der Waals surface area contributed by atoms with Crippen LogP contribution in [0.1, 0.15) is 25.8 Å². The maximum absolute atomic E-state index is 5.19. The minimum Gasteiger partial charge on any atom is -0.360 e. The van der Waals surface area contributed by atoms with Crippen LogP contribution in [-0.4, -0.2) is 11.2 Å². The third-order valence-electron chi connectivity index (χ3n) is 2.30. The van der Waals surface area contributed by atoms with E-state index < -0.39 is 0 Å². The average Bonchev–Trinajstić information content (AvgIpc) is 2.21. The summed E-state index contributed by atoms with van der Waals surface area (Å²) in [5, 5.41) is 7.06. The van der Waals surface area contributed by atoms with Crippen molar-refractivity contribution in [2.45, 2.75) is 33.2 Å². The molecule has 0 saturated carbocycles. The zero-order valence-electron chi connectivity index (χ0n) is 9.50. The second-order valence-corrected chi connectivity index (χ2v) is 4.18. The highest BCUT2D eigenvalue weighted by Crippen LogP contribution is 2.08. The van der Waals surface area contributed by atoms with Crippen molar-refractivity contribution in [2.24, 2.45) is 0 Å². The predicted molar refractivity (Wildman–Crippen MR) is 70.3 cm³/mol. The molecule has 0 aliphatic heterocycles. The Morgan fingerprint density at radius 2 is 1.93 bits per heavy atom. The first-order chi connectivity index (χ1) is 7.11. The van der Waals surface area contributed by atoms with Crippen LogP contribution in [0.15, 0.2) is 24.3 Å². The van der Waals surface area contributed by atoms with Gasteiger partial charge in [0, 0.05) is 11.7 Å². The lowest BCUT2D eigenvalue weighted by Gasteiger charge is -2.15. The second-order valence-electron chi connectivity index (χ2n) is 3.77. The molecular formula is C12H18N2S. The molecule has 0 bridgehead atoms. The van der Waals surface area contributed by atoms with E-state index in [1.165, 1.54) is 5.56 Å². The second kappa shape index (κ2) is 5.71. The monoisotopic (exact) mass is 222 g/mol. The lowest BCUT2D eigenvalue weighted by Crippen LogP contribution is -2.35. The summed E-state index contributed by atoms with van der Waals surface area (Å²) in [5.74, 6) is 0. The summed E-state index contributed by atoms with van der Waals surface area (Å²) < 4.78 is 0. The van der Waals surface area contributed by atoms with Gasteiger partial charge in [-0.2, -0.15) is 0 Å². The topological polar surface area (TPSA) is 24.1 Å². The molecule has 0 unspecified atom stereocenters. The highest BCUT2D eigenvalue weighted by molar-refractivity contribution is 7.80. The van der Waals surface area contributed by atoms with Crippen LogP contribution in [0, 0.1) is 6.92 Å². The molecule has 1 rings (SSSR count). The lowest BCUT2D eigenvalue weighted by molar-refractivity contribution is 0.646. The number of nitrogens with one attached hydrogen (secondary N) is 2. The Kier molecular flexibility index (Phi) is 4.56. The van der Waals surface area contributed by atoms with Gasteiger partial charge in [0.15, 0.2) is 5.11 Å². The van der Waals surface area contributed by atoms with Gasteiger partial charge >= 0.3 is 0 Å². The Hall–Kier alpha value is -1.09. The van der Waals surface area contributed by atoms with Crippen LogP contribution < -0.4 is 10.6 Å². The summed E-state index contributed by atoms with van der Waals surface area (Å²) in [7, 11) is 0. The molecule has 0 aliphatic carbocycles. The van der Waals surface area contributed by atoms with Crippen molar-refractivity contribution in [3.05, 3.63) is 29.8 Å². The number of thiocarbonyl (C=S) groups is 1. The van der Waals surface area contributed by atoms with Crippen LogP contribution in [0.5, 0.6) is 0 Å². The van der Waals surface area contributed by atoms with Gasteiger partial charge in [-0.05, 0) is 44.6 Å². The average molecular weight is 222 g/mol. The Labute approximate surface area is 97.1 Å². The van der Waals surface area contributed by atoms with Crippen LogP contribution >= 0.6 is 12.2 Å². The number of hydrogen-bond donors (Lipinski definition) is 2. The molecule has 1 atom stereocenters. The van der Waals surface area contributed by atoms with Crippen LogP contribution in [0.25, 0.3) is 0 Å². The van der Waals surface area contributed by atoms with Crippen LogP contribution in [-0.2, 0) is 0 Å². The van der Waals surface area contributed by atoms with Gasteiger partial charge in [-0.25, -0.2) is 0 Å². The predicted octanol–water partition coefficient (Wildman–Crippen LogP) is 3.08. The first-order valence-electron chi connectivity index (χ1n) is 5.26. The maximum atomic E-state index is 5.19. The van der Waals surface area contributed by atoms with Gasteiger partial charge in [0.05, 0.1) is 0 Å². The summed E-state index contributed by atoms with van der Waals surface area (Å²) >= 11 is 5.19. The van der Waals surface area contributed by atoms with E-state index in [0.29, 0.717) is 11.2 Å². The molecule has 1 aromatic rings. The maximum Gasteiger partial charge on any atom is 0.170 e. The van der Waals surface area contributed by atoms with Crippen LogP contribution in [0.2, 0.25) is 0 Å². The highest BCUT2D eigenvalue weighted by atomic mass is 32.1. The number of hydrogen-bond acceptors (Lipinski definition) is 1. The first kappa shape index (κ1) is 12.0. The minimum atomic E-state index is 0.412. The number of anilines is 1. The van der Waals surface area contributed by atoms with Crippen molar-refractivity contribution < 1.29 is 0 Å². The van der Waals surface area contributed by atoms with Crippen LogP contribution in [0.4, 0.5) is 5.69 Å². The van der Waals surface area contributed by atoms with E-state index in [1.807, 2.05) is 12.1 Å². The molecule has 15 heavy (non-hydrogen) atoms. The van der Waals surface area contributed by atoms with Gasteiger partial charge in [0.25, 0.3) is 0 Å². The molecule has 3 heteroatoms. The van der Waals surface area contributed by atoms with Crippen molar-refractivity contribution >= 4 is 23.0 Å². The molecule has 0 saturated heterocycles. The molecule has 0 heterocycles. The molecule has 0 spiro atoms. The van der Waals surface area contributed by atoms with E-state index >= 15 is 0 Å². The van der Waals surface area contributed by atoms with Crippen molar-refractivity contribution in [3.8, 4) is 0 Å². The van der Waals surface area contributed by atoms with E-state index in [0.717, 1.165) is 12.1 Å². The third kappa shape index (κ3) is 4.30. The van der Waals surface area contributed by atoms with Gasteiger partial charge in [-0.15, -0.1) is 0 Å². The molecule has 0 amide bonds. The van der Waals surface area contributed by atoms with Crippen molar-refractivity contribution in [1.82, 2.24) is 5.32 Å². The smallest absolute Gasteiger partial charge is 0.170 e. The van der Waals surface area contributed by atoms with Crippen molar-refractivity contribution in [1.29, 1.82) is 0 Å². The Balaban J connectivity index is 2.48. The minimum absolute atomic E-state index is 0.412. The summed E-state index contributed by atoms with van der Waals surface area (Å²) in [4.78, 5) is 0. The standard InChI is InChI=1S/C12H18N2S/c1-4-10(3)13-12(15)14-11-7-5-9(2)6-8-11/h5-8,10H,4H2,1-3H3,(H2,13,14,15)/t10-/m0/s1. The van der Waals surface area contributed by atoms with Gasteiger partial charge in [0.1, 0.15) is 0 Å². The molecule has 0 aromatic heterocycles. The summed E-state index contributed by atoms with van der Waals surface area (Å²) in [6, 6.07) is 8.60. The molecule has 0 aliphatic rings. The summed E-state index contributed by atoms with van der Waals surface area (Å²) in [6.45, 7) is 6.31. The fourth-order valence-corrected chi connectivity index (χ4v) is 1.45. The van der Waals surface area contributed by atoms with E-state index in [1.54, 1.807) is 0 Å². The molecule has 82 valence electrons. The molecule has 2 nitrogen and oxygen atoms in total. The summed E-state index contributed by atoms with van der Waals surface area (Å²) in [6.07, 6.45) is 1.07. The largest absolute Gasteiger partial charge is 0.360 e. The number of aryl methyl sites for hydroxylation is 1. The molecule has 1 aromatic carbocycles. The van der Waals surface area contributed by atoms with Gasteiger partial charge in [-0.1, -0.05) is 24.6 Å². The number of rotatable bonds is 3. The zero-order valence-corrected chi connectivity index (χ0v) is 10.3. The van der Waals surface area contributed by atoms with E-state index in [2.05, 4.69) is 43.5 Å². The quantitative estimate of drug-likeness (QED) is 0.769. The Morgan fingerprint density at radius 1 is 1.33 bits per heavy atom. The molecule has 0 radical (unpaired) electrons. The fraction of sp³-hybridized carbons (Fsp3) is 0.417. The van der Waals surface area contributed by atoms with Crippen molar-refractivity contribution in [3.63, 3.8) is 0 Å². The van der Waals surface area contributed by atoms with Gasteiger partial charge < -0.3 is 10.6 Å². The molecular weight excluding hydrogens is 204 g/mol. The zero-order chi connectivity index (χ0) is 11.3. The summed E-state index contributed by atoms with van der Waals surface area (Å²) in [5.41, 5.74) is 2.28. The van der Waals surface area contributed by atoms with Crippen LogP contribution in [0.3, 0.4) is 0 Å². The Morgan fingerprint density at radius 3 is 2.47 bits per heavy atom. The fourth-order valence-electron chi connectivity index (χ4n) is 1.13. The molecule has 0 fully saturated rings. The van der Waals surface area contributed by atoms with E-state index in [9.17, 15) is 0 Å². The number of benzene rings is 1. The van der Waals surface area contributed by atoms with Crippen molar-refractivity contribution in [2.75, 3.05) is 5.32 Å². The normalized spacial score (nSPS) is 11.9.